The Hall–Kier alpha value is 0.363. The van der Waals surface area contributed by atoms with E-state index >= 15 is 0 Å². The summed E-state index contributed by atoms with van der Waals surface area (Å²) < 4.78 is 67.3. The van der Waals surface area contributed by atoms with Crippen LogP contribution < -0.4 is 0 Å². The Bertz CT molecular complexity index is 396. The van der Waals surface area contributed by atoms with E-state index < -0.39 is 32.0 Å². The summed E-state index contributed by atoms with van der Waals surface area (Å²) in [4.78, 5) is 0. The summed E-state index contributed by atoms with van der Waals surface area (Å²) in [6, 6.07) is 0. The van der Waals surface area contributed by atoms with Crippen molar-refractivity contribution < 1.29 is 53.8 Å². The molecule has 11 heteroatoms. The van der Waals surface area contributed by atoms with E-state index in [1.807, 2.05) is 0 Å². The molecule has 0 aliphatic carbocycles. The second-order valence-electron chi connectivity index (χ2n) is 5.21. The molecule has 0 fully saturated rings. The van der Waals surface area contributed by atoms with E-state index in [1.165, 1.54) is 41.5 Å². The van der Waals surface area contributed by atoms with Gasteiger partial charge in [-0.1, -0.05) is 0 Å². The van der Waals surface area contributed by atoms with Gasteiger partial charge in [0.15, 0.2) is 0 Å². The van der Waals surface area contributed by atoms with Gasteiger partial charge in [0.1, 0.15) is 0 Å². The van der Waals surface area contributed by atoms with Crippen LogP contribution in [0.25, 0.3) is 0 Å². The van der Waals surface area contributed by atoms with Crippen LogP contribution in [0.4, 0.5) is 0 Å². The van der Waals surface area contributed by atoms with Gasteiger partial charge in [-0.05, 0) is 41.5 Å². The predicted molar refractivity (Wildman–Crippen MR) is 61.1 cm³/mol. The zero-order chi connectivity index (χ0) is 15.4. The summed E-state index contributed by atoms with van der Waals surface area (Å²) in [6.07, 6.45) is 0. The molecule has 0 unspecified atom stereocenters. The molecule has 19 heavy (non-hydrogen) atoms. The molecule has 0 heterocycles. The molecule has 0 aliphatic rings. The molecule has 112 valence electrons. The van der Waals surface area contributed by atoms with Crippen molar-refractivity contribution in [1.82, 2.24) is 0 Å². The zero-order valence-corrected chi connectivity index (χ0v) is 16.4. The van der Waals surface area contributed by atoms with Crippen LogP contribution in [-0.4, -0.2) is 37.1 Å². The van der Waals surface area contributed by atoms with Crippen molar-refractivity contribution in [2.24, 2.45) is 0 Å². The van der Waals surface area contributed by atoms with Gasteiger partial charge in [0.2, 0.25) is 20.8 Å². The third kappa shape index (κ3) is 32.2. The van der Waals surface area contributed by atoms with Crippen LogP contribution in [0, 0.1) is 0 Å². The first kappa shape index (κ1) is 24.4. The Morgan fingerprint density at radius 2 is 0.842 bits per heavy atom. The average Bonchev–Trinajstić information content (AvgIpc) is 1.64. The van der Waals surface area contributed by atoms with Gasteiger partial charge in [0.05, 0.1) is 11.2 Å². The molecule has 8 nitrogen and oxygen atoms in total. The Balaban J connectivity index is -0.000000256. The van der Waals surface area contributed by atoms with Crippen molar-refractivity contribution in [1.29, 1.82) is 0 Å². The predicted octanol–water partition coefficient (Wildman–Crippen LogP) is 0.521. The molecular weight excluding hydrogens is 354 g/mol. The first-order valence-electron chi connectivity index (χ1n) is 4.74. The second-order valence-corrected chi connectivity index (χ2v) is 7.17. The molecule has 0 aromatic carbocycles. The van der Waals surface area contributed by atoms with Crippen LogP contribution in [0.3, 0.4) is 0 Å². The van der Waals surface area contributed by atoms with Crippen LogP contribution in [0.2, 0.25) is 0 Å². The Morgan fingerprint density at radius 3 is 0.842 bits per heavy atom. The van der Waals surface area contributed by atoms with Crippen molar-refractivity contribution >= 4 is 20.8 Å². The molecule has 0 aliphatic heterocycles. The average molecular weight is 372 g/mol. The van der Waals surface area contributed by atoms with Crippen LogP contribution in [-0.2, 0) is 48.6 Å². The van der Waals surface area contributed by atoms with Crippen LogP contribution in [0.15, 0.2) is 0 Å². The maximum atomic E-state index is 9.87. The first-order chi connectivity index (χ1) is 7.41. The monoisotopic (exact) mass is 370 g/mol. The molecule has 0 amide bonds. The van der Waals surface area contributed by atoms with Gasteiger partial charge in [-0.3, -0.25) is 8.37 Å². The summed E-state index contributed by atoms with van der Waals surface area (Å²) >= 11 is 0. The van der Waals surface area contributed by atoms with Gasteiger partial charge in [0.25, 0.3) is 0 Å². The topological polar surface area (TPSA) is 133 Å². The Kier molecular flexibility index (Phi) is 10.2. The third-order valence-electron chi connectivity index (χ3n) is 0.704. The van der Waals surface area contributed by atoms with Crippen molar-refractivity contribution in [3.8, 4) is 0 Å². The van der Waals surface area contributed by atoms with Crippen LogP contribution in [0.1, 0.15) is 41.5 Å². The van der Waals surface area contributed by atoms with Crippen molar-refractivity contribution in [3.63, 3.8) is 0 Å². The number of rotatable bonds is 2. The van der Waals surface area contributed by atoms with E-state index in [0.29, 0.717) is 0 Å². The normalized spacial score (nSPS) is 13.1. The zero-order valence-electron chi connectivity index (χ0n) is 11.8. The summed E-state index contributed by atoms with van der Waals surface area (Å²) in [7, 11) is -9.06. The fourth-order valence-electron chi connectivity index (χ4n) is 0.612. The van der Waals surface area contributed by atoms with Gasteiger partial charge >= 0.3 is 19.5 Å². The van der Waals surface area contributed by atoms with Crippen molar-refractivity contribution in [2.45, 2.75) is 52.7 Å². The molecule has 0 rings (SSSR count). The molecule has 0 saturated heterocycles. The summed E-state index contributed by atoms with van der Waals surface area (Å²) in [5.74, 6) is 0. The number of hydrogen-bond donors (Lipinski definition) is 0. The second kappa shape index (κ2) is 7.97. The molecule has 0 radical (unpaired) electrons. The van der Waals surface area contributed by atoms with Gasteiger partial charge in [-0.2, -0.15) is 0 Å². The molecule has 0 aromatic rings. The third-order valence-corrected chi connectivity index (χ3v) is 2.11. The summed E-state index contributed by atoms with van der Waals surface area (Å²) in [5.41, 5.74) is -1.83. The Morgan fingerprint density at radius 1 is 0.684 bits per heavy atom. The fourth-order valence-corrected chi connectivity index (χ4v) is 1.84. The quantitative estimate of drug-likeness (QED) is 0.389. The first-order valence-corrected chi connectivity index (χ1v) is 7.41. The van der Waals surface area contributed by atoms with E-state index in [9.17, 15) is 25.9 Å². The van der Waals surface area contributed by atoms with E-state index in [-0.39, 0.29) is 19.5 Å². The summed E-state index contributed by atoms with van der Waals surface area (Å²) in [5, 5.41) is 0. The minimum atomic E-state index is -4.53. The maximum Gasteiger partial charge on any atom is 2.00 e. The molecule has 0 saturated carbocycles. The Labute approximate surface area is 127 Å². The van der Waals surface area contributed by atoms with E-state index in [4.69, 9.17) is 0 Å². The number of hydrogen-bond acceptors (Lipinski definition) is 8. The van der Waals surface area contributed by atoms with Gasteiger partial charge in [-0.15, -0.1) is 0 Å². The van der Waals surface area contributed by atoms with Crippen LogP contribution >= 0.6 is 0 Å². The molecule has 0 aromatic heterocycles. The smallest absolute Gasteiger partial charge is 0.726 e. The maximum absolute atomic E-state index is 9.87. The van der Waals surface area contributed by atoms with Crippen molar-refractivity contribution in [2.75, 3.05) is 0 Å². The van der Waals surface area contributed by atoms with Gasteiger partial charge in [-0.25, -0.2) is 16.8 Å². The largest absolute Gasteiger partial charge is 2.00 e. The summed E-state index contributed by atoms with van der Waals surface area (Å²) in [6.45, 7) is 8.93. The standard InChI is InChI=1S/2C4H10O4S.Zn/c2*1-4(2,3)8-9(5,6)7;/h2*1-3H3,(H,5,6,7);/q;;+2/p-2. The minimum absolute atomic E-state index is 0. The molecule has 0 bridgehead atoms. The van der Waals surface area contributed by atoms with Crippen LogP contribution in [0.5, 0.6) is 0 Å². The minimum Gasteiger partial charge on any atom is -0.726 e. The van der Waals surface area contributed by atoms with E-state index in [0.717, 1.165) is 0 Å². The molecular formula is C8H18O8S2Zn. The van der Waals surface area contributed by atoms with Crippen molar-refractivity contribution in [3.05, 3.63) is 0 Å². The molecule has 0 spiro atoms. The van der Waals surface area contributed by atoms with Gasteiger partial charge < -0.3 is 9.11 Å². The van der Waals surface area contributed by atoms with E-state index in [1.54, 1.807) is 0 Å². The molecule has 0 atom stereocenters. The molecule has 0 N–H and O–H groups in total. The fraction of sp³-hybridized carbons (Fsp3) is 1.00. The van der Waals surface area contributed by atoms with E-state index in [2.05, 4.69) is 8.37 Å². The SMILES string of the molecule is CC(C)(C)OS(=O)(=O)[O-].CC(C)(C)OS(=O)(=O)[O-].[Zn+2]. The van der Waals surface area contributed by atoms with Gasteiger partial charge in [0, 0.05) is 0 Å².